The fraction of sp³-hybridized carbons (Fsp3) is 0.261. The number of rotatable bonds is 4. The van der Waals surface area contributed by atoms with Gasteiger partial charge in [0, 0.05) is 29.9 Å². The van der Waals surface area contributed by atoms with Crippen LogP contribution in [-0.4, -0.2) is 35.8 Å². The minimum absolute atomic E-state index is 0.157. The molecule has 0 saturated carbocycles. The highest BCUT2D eigenvalue weighted by Crippen LogP contribution is 2.38. The van der Waals surface area contributed by atoms with Gasteiger partial charge in [0.25, 0.3) is 0 Å². The van der Waals surface area contributed by atoms with Gasteiger partial charge in [-0.05, 0) is 42.8 Å². The van der Waals surface area contributed by atoms with E-state index in [0.29, 0.717) is 23.1 Å². The molecule has 0 bridgehead atoms. The molecule has 0 spiro atoms. The summed E-state index contributed by atoms with van der Waals surface area (Å²) < 4.78 is 10.7. The van der Waals surface area contributed by atoms with Crippen LogP contribution in [0.1, 0.15) is 36.1 Å². The first kappa shape index (κ1) is 20.2. The number of aromatic nitrogens is 1. The van der Waals surface area contributed by atoms with E-state index >= 15 is 0 Å². The van der Waals surface area contributed by atoms with Crippen LogP contribution in [0.4, 0.5) is 0 Å². The van der Waals surface area contributed by atoms with Crippen LogP contribution in [0.2, 0.25) is 5.15 Å². The Morgan fingerprint density at radius 3 is 2.57 bits per heavy atom. The molecule has 0 fully saturated rings. The molecule has 0 radical (unpaired) electrons. The molecule has 0 aliphatic carbocycles. The van der Waals surface area contributed by atoms with Gasteiger partial charge in [-0.3, -0.25) is 4.79 Å². The molecule has 2 heterocycles. The van der Waals surface area contributed by atoms with Gasteiger partial charge in [0.2, 0.25) is 5.91 Å². The summed E-state index contributed by atoms with van der Waals surface area (Å²) in [5, 5.41) is 7.44. The summed E-state index contributed by atoms with van der Waals surface area (Å²) in [5.41, 5.74) is 4.36. The van der Waals surface area contributed by atoms with Gasteiger partial charge < -0.3 is 9.47 Å². The fourth-order valence-electron chi connectivity index (χ4n) is 3.74. The number of carbonyl (C=O) groups excluding carboxylic acids is 1. The highest BCUT2D eigenvalue weighted by Gasteiger charge is 2.33. The summed E-state index contributed by atoms with van der Waals surface area (Å²) >= 11 is 6.55. The molecule has 154 valence electrons. The number of carbonyl (C=O) groups is 1. The molecule has 1 unspecified atom stereocenters. The van der Waals surface area contributed by atoms with Gasteiger partial charge in [0.15, 0.2) is 11.5 Å². The van der Waals surface area contributed by atoms with Crippen molar-refractivity contribution in [3.05, 3.63) is 64.3 Å². The minimum atomic E-state index is -0.323. The van der Waals surface area contributed by atoms with Crippen molar-refractivity contribution in [1.29, 1.82) is 0 Å². The number of nitrogens with zero attached hydrogens (tertiary/aromatic N) is 3. The fourth-order valence-corrected chi connectivity index (χ4v) is 4.01. The Kier molecular flexibility index (Phi) is 5.35. The second-order valence-corrected chi connectivity index (χ2v) is 7.62. The third kappa shape index (κ3) is 3.59. The van der Waals surface area contributed by atoms with Crippen molar-refractivity contribution in [2.24, 2.45) is 5.10 Å². The van der Waals surface area contributed by atoms with Crippen LogP contribution in [0.15, 0.2) is 47.6 Å². The summed E-state index contributed by atoms with van der Waals surface area (Å²) in [6.07, 6.45) is 0.522. The molecule has 4 rings (SSSR count). The number of halogens is 1. The van der Waals surface area contributed by atoms with E-state index in [4.69, 9.17) is 21.1 Å². The van der Waals surface area contributed by atoms with Crippen molar-refractivity contribution < 1.29 is 14.3 Å². The van der Waals surface area contributed by atoms with Gasteiger partial charge in [0.05, 0.1) is 31.5 Å². The lowest BCUT2D eigenvalue weighted by atomic mass is 9.98. The molecule has 2 aromatic carbocycles. The summed E-state index contributed by atoms with van der Waals surface area (Å²) in [7, 11) is 3.18. The zero-order chi connectivity index (χ0) is 21.4. The van der Waals surface area contributed by atoms with Gasteiger partial charge in [-0.2, -0.15) is 5.10 Å². The topological polar surface area (TPSA) is 64.0 Å². The van der Waals surface area contributed by atoms with Gasteiger partial charge in [-0.25, -0.2) is 9.99 Å². The van der Waals surface area contributed by atoms with Crippen molar-refractivity contribution >= 4 is 34.1 Å². The molecular formula is C23H22ClN3O3. The number of fused-ring (bicyclic) bond motifs is 1. The maximum Gasteiger partial charge on any atom is 0.240 e. The summed E-state index contributed by atoms with van der Waals surface area (Å²) in [5.74, 6) is 1.09. The van der Waals surface area contributed by atoms with Crippen molar-refractivity contribution in [2.45, 2.75) is 26.3 Å². The van der Waals surface area contributed by atoms with Gasteiger partial charge in [-0.1, -0.05) is 23.7 Å². The Labute approximate surface area is 180 Å². The van der Waals surface area contributed by atoms with Crippen LogP contribution in [-0.2, 0) is 4.79 Å². The Morgan fingerprint density at radius 1 is 1.10 bits per heavy atom. The standard InChI is InChI=1S/C23H22ClN3O3/c1-13-5-6-15-10-17(23(24)25-18(15)9-13)20-12-19(26-27(20)14(2)28)16-7-8-21(29-3)22(11-16)30-4/h5-11,20H,12H2,1-4H3. The smallest absolute Gasteiger partial charge is 0.240 e. The predicted octanol–water partition coefficient (Wildman–Crippen LogP) is 4.91. The molecular weight excluding hydrogens is 402 g/mol. The van der Waals surface area contributed by atoms with Crippen molar-refractivity contribution in [3.63, 3.8) is 0 Å². The van der Waals surface area contributed by atoms with Gasteiger partial charge >= 0.3 is 0 Å². The van der Waals surface area contributed by atoms with E-state index in [1.165, 1.54) is 11.9 Å². The highest BCUT2D eigenvalue weighted by atomic mass is 35.5. The maximum atomic E-state index is 12.4. The molecule has 6 nitrogen and oxygen atoms in total. The average Bonchev–Trinajstić information content (AvgIpc) is 3.18. The second kappa shape index (κ2) is 7.95. The minimum Gasteiger partial charge on any atom is -0.493 e. The lowest BCUT2D eigenvalue weighted by Gasteiger charge is -2.21. The number of amides is 1. The molecule has 1 aromatic heterocycles. The number of hydrogen-bond acceptors (Lipinski definition) is 5. The van der Waals surface area contributed by atoms with E-state index in [9.17, 15) is 4.79 Å². The number of ether oxygens (including phenoxy) is 2. The third-order valence-electron chi connectivity index (χ3n) is 5.26. The molecule has 3 aromatic rings. The lowest BCUT2D eigenvalue weighted by Crippen LogP contribution is -2.24. The van der Waals surface area contributed by atoms with Crippen molar-refractivity contribution in [3.8, 4) is 11.5 Å². The van der Waals surface area contributed by atoms with Crippen LogP contribution < -0.4 is 9.47 Å². The SMILES string of the molecule is COc1ccc(C2=NN(C(C)=O)C(c3cc4ccc(C)cc4nc3Cl)C2)cc1OC. The molecule has 0 saturated heterocycles. The largest absolute Gasteiger partial charge is 0.493 e. The lowest BCUT2D eigenvalue weighted by molar-refractivity contribution is -0.130. The summed E-state index contributed by atoms with van der Waals surface area (Å²) in [6, 6.07) is 13.3. The molecule has 7 heteroatoms. The predicted molar refractivity (Wildman–Crippen MR) is 117 cm³/mol. The first-order valence-corrected chi connectivity index (χ1v) is 9.95. The van der Waals surface area contributed by atoms with Crippen LogP contribution >= 0.6 is 11.6 Å². The zero-order valence-corrected chi connectivity index (χ0v) is 18.0. The quantitative estimate of drug-likeness (QED) is 0.559. The Hall–Kier alpha value is -3.12. The van der Waals surface area contributed by atoms with E-state index in [1.807, 2.05) is 49.4 Å². The molecule has 30 heavy (non-hydrogen) atoms. The molecule has 1 amide bonds. The van der Waals surface area contributed by atoms with Crippen LogP contribution in [0.3, 0.4) is 0 Å². The van der Waals surface area contributed by atoms with Crippen LogP contribution in [0.25, 0.3) is 10.9 Å². The Morgan fingerprint density at radius 2 is 1.87 bits per heavy atom. The number of benzene rings is 2. The Bertz CT molecular complexity index is 1180. The van der Waals surface area contributed by atoms with Gasteiger partial charge in [0.1, 0.15) is 5.15 Å². The Balaban J connectivity index is 1.74. The van der Waals surface area contributed by atoms with Crippen LogP contribution in [0.5, 0.6) is 11.5 Å². The van der Waals surface area contributed by atoms with Crippen LogP contribution in [0, 0.1) is 6.92 Å². The van der Waals surface area contributed by atoms with E-state index in [1.54, 1.807) is 14.2 Å². The first-order chi connectivity index (χ1) is 14.4. The van der Waals surface area contributed by atoms with E-state index in [2.05, 4.69) is 10.1 Å². The number of hydrazone groups is 1. The van der Waals surface area contributed by atoms with E-state index in [-0.39, 0.29) is 11.9 Å². The second-order valence-electron chi connectivity index (χ2n) is 7.26. The summed E-state index contributed by atoms with van der Waals surface area (Å²) in [6.45, 7) is 3.51. The van der Waals surface area contributed by atoms with E-state index < -0.39 is 0 Å². The molecule has 1 atom stereocenters. The number of pyridine rings is 1. The van der Waals surface area contributed by atoms with Gasteiger partial charge in [-0.15, -0.1) is 0 Å². The van der Waals surface area contributed by atoms with Crippen molar-refractivity contribution in [1.82, 2.24) is 9.99 Å². The van der Waals surface area contributed by atoms with Crippen molar-refractivity contribution in [2.75, 3.05) is 14.2 Å². The first-order valence-electron chi connectivity index (χ1n) is 9.57. The van der Waals surface area contributed by atoms with E-state index in [0.717, 1.165) is 33.3 Å². The molecule has 1 aliphatic heterocycles. The monoisotopic (exact) mass is 423 g/mol. The summed E-state index contributed by atoms with van der Waals surface area (Å²) in [4.78, 5) is 16.9. The normalized spacial score (nSPS) is 16.0. The number of hydrogen-bond donors (Lipinski definition) is 0. The molecule has 0 N–H and O–H groups in total. The molecule has 1 aliphatic rings. The third-order valence-corrected chi connectivity index (χ3v) is 5.57. The maximum absolute atomic E-state index is 12.4. The number of methoxy groups -OCH3 is 2. The number of aryl methyl sites for hydroxylation is 1. The zero-order valence-electron chi connectivity index (χ0n) is 17.3. The highest BCUT2D eigenvalue weighted by molar-refractivity contribution is 6.30. The average molecular weight is 424 g/mol.